The first-order chi connectivity index (χ1) is 5.38. The minimum Gasteiger partial charge on any atom is -0.383 e. The van der Waals surface area contributed by atoms with Gasteiger partial charge >= 0.3 is 0 Å². The van der Waals surface area contributed by atoms with Crippen LogP contribution in [0.4, 0.5) is 0 Å². The van der Waals surface area contributed by atoms with E-state index in [2.05, 4.69) is 17.5 Å². The first-order valence-corrected chi connectivity index (χ1v) is 4.85. The molecular formula is C8H17NOS. The Hall–Kier alpha value is 0.270. The van der Waals surface area contributed by atoms with Crippen LogP contribution in [0.2, 0.25) is 0 Å². The van der Waals surface area contributed by atoms with Crippen molar-refractivity contribution in [3.63, 3.8) is 0 Å². The van der Waals surface area contributed by atoms with Crippen molar-refractivity contribution in [3.8, 4) is 0 Å². The third kappa shape index (κ3) is 2.65. The molecule has 2 nitrogen and oxygen atoms in total. The highest BCUT2D eigenvalue weighted by atomic mass is 32.1. The Morgan fingerprint density at radius 1 is 1.64 bits per heavy atom. The Morgan fingerprint density at radius 3 is 3.09 bits per heavy atom. The monoisotopic (exact) mass is 175 g/mol. The van der Waals surface area contributed by atoms with Crippen molar-refractivity contribution in [3.05, 3.63) is 0 Å². The second-order valence-electron chi connectivity index (χ2n) is 3.01. The maximum atomic E-state index is 5.14. The van der Waals surface area contributed by atoms with Gasteiger partial charge in [-0.15, -0.1) is 0 Å². The smallest absolute Gasteiger partial charge is 0.0618 e. The van der Waals surface area contributed by atoms with Gasteiger partial charge in [-0.1, -0.05) is 0 Å². The largest absolute Gasteiger partial charge is 0.383 e. The molecule has 3 heteroatoms. The molecule has 1 saturated heterocycles. The number of thiol groups is 1. The predicted molar refractivity (Wildman–Crippen MR) is 50.3 cm³/mol. The van der Waals surface area contributed by atoms with E-state index < -0.39 is 0 Å². The van der Waals surface area contributed by atoms with E-state index >= 15 is 0 Å². The van der Waals surface area contributed by atoms with Crippen LogP contribution in [0, 0.1) is 0 Å². The molecule has 0 saturated carbocycles. The summed E-state index contributed by atoms with van der Waals surface area (Å²) in [6, 6.07) is 0.659. The number of nitrogens with zero attached hydrogens (tertiary/aromatic N) is 1. The molecule has 66 valence electrons. The van der Waals surface area contributed by atoms with Crippen LogP contribution >= 0.6 is 12.6 Å². The van der Waals surface area contributed by atoms with E-state index in [0.29, 0.717) is 6.04 Å². The highest BCUT2D eigenvalue weighted by Crippen LogP contribution is 2.16. The topological polar surface area (TPSA) is 12.5 Å². The van der Waals surface area contributed by atoms with E-state index in [-0.39, 0.29) is 0 Å². The number of hydrogen-bond acceptors (Lipinski definition) is 3. The van der Waals surface area contributed by atoms with Gasteiger partial charge < -0.3 is 4.74 Å². The first-order valence-electron chi connectivity index (χ1n) is 4.22. The molecule has 0 aromatic heterocycles. The van der Waals surface area contributed by atoms with Crippen LogP contribution in [0.15, 0.2) is 0 Å². The lowest BCUT2D eigenvalue weighted by molar-refractivity contribution is 0.119. The maximum Gasteiger partial charge on any atom is 0.0618 e. The fraction of sp³-hybridized carbons (Fsp3) is 1.00. The van der Waals surface area contributed by atoms with Gasteiger partial charge in [-0.25, -0.2) is 0 Å². The molecule has 0 amide bonds. The van der Waals surface area contributed by atoms with Gasteiger partial charge in [-0.2, -0.15) is 12.6 Å². The molecular weight excluding hydrogens is 158 g/mol. The lowest BCUT2D eigenvalue weighted by atomic mass is 10.2. The summed E-state index contributed by atoms with van der Waals surface area (Å²) in [5.74, 6) is 0.959. The lowest BCUT2D eigenvalue weighted by Crippen LogP contribution is -2.34. The van der Waals surface area contributed by atoms with Crippen molar-refractivity contribution < 1.29 is 4.74 Å². The van der Waals surface area contributed by atoms with E-state index in [1.54, 1.807) is 7.11 Å². The maximum absolute atomic E-state index is 5.14. The Labute approximate surface area is 74.3 Å². The summed E-state index contributed by atoms with van der Waals surface area (Å²) in [7, 11) is 1.77. The molecule has 0 spiro atoms. The Kier molecular flexibility index (Phi) is 4.26. The summed E-state index contributed by atoms with van der Waals surface area (Å²) in [6.07, 6.45) is 2.61. The van der Waals surface area contributed by atoms with E-state index in [4.69, 9.17) is 4.74 Å². The van der Waals surface area contributed by atoms with Crippen LogP contribution in [0.5, 0.6) is 0 Å². The zero-order chi connectivity index (χ0) is 8.10. The van der Waals surface area contributed by atoms with Crippen molar-refractivity contribution in [1.82, 2.24) is 4.90 Å². The second-order valence-corrected chi connectivity index (χ2v) is 3.46. The third-order valence-electron chi connectivity index (χ3n) is 2.25. The molecule has 0 aromatic rings. The number of ether oxygens (including phenoxy) is 1. The summed E-state index contributed by atoms with van der Waals surface area (Å²) in [4.78, 5) is 2.47. The van der Waals surface area contributed by atoms with E-state index in [0.717, 1.165) is 18.9 Å². The molecule has 0 N–H and O–H groups in total. The molecule has 0 bridgehead atoms. The average molecular weight is 175 g/mol. The third-order valence-corrected chi connectivity index (χ3v) is 2.45. The quantitative estimate of drug-likeness (QED) is 0.641. The molecule has 1 unspecified atom stereocenters. The van der Waals surface area contributed by atoms with Crippen LogP contribution in [0.3, 0.4) is 0 Å². The molecule has 0 radical (unpaired) electrons. The van der Waals surface area contributed by atoms with Crippen LogP contribution in [0.1, 0.15) is 12.8 Å². The molecule has 1 aliphatic rings. The van der Waals surface area contributed by atoms with Crippen LogP contribution in [0.25, 0.3) is 0 Å². The molecule has 1 fully saturated rings. The van der Waals surface area contributed by atoms with Gasteiger partial charge in [0.2, 0.25) is 0 Å². The zero-order valence-corrected chi connectivity index (χ0v) is 8.02. The normalized spacial score (nSPS) is 26.2. The van der Waals surface area contributed by atoms with Crippen LogP contribution in [-0.2, 0) is 4.74 Å². The Balaban J connectivity index is 2.25. The Bertz CT molecular complexity index is 98.3. The number of likely N-dealkylation sites (tertiary alicyclic amines) is 1. The van der Waals surface area contributed by atoms with E-state index in [1.807, 2.05) is 0 Å². The van der Waals surface area contributed by atoms with Gasteiger partial charge in [-0.3, -0.25) is 4.90 Å². The fourth-order valence-electron chi connectivity index (χ4n) is 1.70. The lowest BCUT2D eigenvalue weighted by Gasteiger charge is -2.22. The van der Waals surface area contributed by atoms with Crippen LogP contribution in [-0.4, -0.2) is 43.5 Å². The molecule has 11 heavy (non-hydrogen) atoms. The molecule has 1 aliphatic heterocycles. The van der Waals surface area contributed by atoms with Crippen molar-refractivity contribution in [2.24, 2.45) is 0 Å². The van der Waals surface area contributed by atoms with E-state index in [9.17, 15) is 0 Å². The average Bonchev–Trinajstić information content (AvgIpc) is 2.39. The first kappa shape index (κ1) is 9.36. The van der Waals surface area contributed by atoms with Gasteiger partial charge in [0.15, 0.2) is 0 Å². The SMILES string of the molecule is COCC1CCCN1CCS. The molecule has 1 atom stereocenters. The summed E-state index contributed by atoms with van der Waals surface area (Å²) in [5.41, 5.74) is 0. The standard InChI is InChI=1S/C8H17NOS/c1-10-7-8-3-2-4-9(8)5-6-11/h8,11H,2-7H2,1H3. The minimum atomic E-state index is 0.659. The number of methoxy groups -OCH3 is 1. The molecule has 0 aromatic carbocycles. The molecule has 1 rings (SSSR count). The van der Waals surface area contributed by atoms with Gasteiger partial charge in [0.05, 0.1) is 6.61 Å². The van der Waals surface area contributed by atoms with Crippen molar-refractivity contribution in [1.29, 1.82) is 0 Å². The van der Waals surface area contributed by atoms with Gasteiger partial charge in [-0.05, 0) is 19.4 Å². The van der Waals surface area contributed by atoms with Crippen LogP contribution < -0.4 is 0 Å². The summed E-state index contributed by atoms with van der Waals surface area (Å²) >= 11 is 4.22. The number of rotatable bonds is 4. The van der Waals surface area contributed by atoms with Gasteiger partial charge in [0.25, 0.3) is 0 Å². The van der Waals surface area contributed by atoms with Crippen molar-refractivity contribution in [2.75, 3.05) is 32.6 Å². The number of hydrogen-bond donors (Lipinski definition) is 1. The Morgan fingerprint density at radius 2 is 2.45 bits per heavy atom. The molecule has 0 aliphatic carbocycles. The van der Waals surface area contributed by atoms with Crippen molar-refractivity contribution in [2.45, 2.75) is 18.9 Å². The van der Waals surface area contributed by atoms with Gasteiger partial charge in [0, 0.05) is 25.4 Å². The van der Waals surface area contributed by atoms with Crippen molar-refractivity contribution >= 4 is 12.6 Å². The summed E-state index contributed by atoms with van der Waals surface area (Å²) < 4.78 is 5.14. The summed E-state index contributed by atoms with van der Waals surface area (Å²) in [5, 5.41) is 0. The highest BCUT2D eigenvalue weighted by molar-refractivity contribution is 7.80. The predicted octanol–water partition coefficient (Wildman–Crippen LogP) is 1.03. The minimum absolute atomic E-state index is 0.659. The van der Waals surface area contributed by atoms with E-state index in [1.165, 1.54) is 19.4 Å². The highest BCUT2D eigenvalue weighted by Gasteiger charge is 2.22. The fourth-order valence-corrected chi connectivity index (χ4v) is 1.96. The zero-order valence-electron chi connectivity index (χ0n) is 7.12. The van der Waals surface area contributed by atoms with Gasteiger partial charge in [0.1, 0.15) is 0 Å². The second kappa shape index (κ2) is 5.01. The summed E-state index contributed by atoms with van der Waals surface area (Å²) in [6.45, 7) is 3.22. The molecule has 1 heterocycles.